The molecule has 0 amide bonds. The molecule has 0 heterocycles. The molecule has 0 unspecified atom stereocenters. The Kier molecular flexibility index (Phi) is 204. The molecule has 32 valence electrons. The van der Waals surface area contributed by atoms with Gasteiger partial charge in [0.1, 0.15) is 0 Å². The number of halogens is 4. The summed E-state index contributed by atoms with van der Waals surface area (Å²) in [6.45, 7) is 0. The summed E-state index contributed by atoms with van der Waals surface area (Å²) in [4.78, 5) is 0. The Hall–Kier alpha value is 3.46. The third-order valence-electron chi connectivity index (χ3n) is 0. The zero-order chi connectivity index (χ0) is 0. The Morgan fingerprint density at radius 1 is 0.400 bits per heavy atom. The van der Waals surface area contributed by atoms with Gasteiger partial charge in [-0.15, -0.1) is 0 Å². The molecule has 0 nitrogen and oxygen atoms in total. The number of hydrogen-bond acceptors (Lipinski definition) is 0. The van der Waals surface area contributed by atoms with Crippen LogP contribution in [0, 0.1) is 0 Å². The Morgan fingerprint density at radius 3 is 0.400 bits per heavy atom. The molecule has 0 spiro atoms. The molecule has 0 aliphatic heterocycles. The van der Waals surface area contributed by atoms with E-state index in [0.29, 0.717) is 0 Å². The second kappa shape index (κ2) is 26.0. The van der Waals surface area contributed by atoms with E-state index in [1.807, 2.05) is 0 Å². The molecular formula is GeI4. The summed E-state index contributed by atoms with van der Waals surface area (Å²) in [7, 11) is 0. The predicted molar refractivity (Wildman–Crippen MR) is 5.75 cm³/mol. The average molecular weight is 580 g/mol. The van der Waals surface area contributed by atoms with Gasteiger partial charge in [0.15, 0.2) is 0 Å². The first-order valence-electron chi connectivity index (χ1n) is 0. The molecule has 0 N–H and O–H groups in total. The van der Waals surface area contributed by atoms with E-state index in [9.17, 15) is 0 Å². The molecule has 5 heteroatoms. The van der Waals surface area contributed by atoms with Crippen LogP contribution in [0.3, 0.4) is 0 Å². The standard InChI is InChI=1S/Ge.4HI/h;4*1H/q+4;;;;/p-4. The summed E-state index contributed by atoms with van der Waals surface area (Å²) in [5.74, 6) is 0. The first-order valence-corrected chi connectivity index (χ1v) is 0. The van der Waals surface area contributed by atoms with E-state index in [0.717, 1.165) is 0 Å². The normalized spacial score (nSPS) is 0. The molecule has 0 saturated carbocycles. The van der Waals surface area contributed by atoms with Crippen molar-refractivity contribution >= 4 is 17.6 Å². The zero-order valence-corrected chi connectivity index (χ0v) is 12.7. The molecule has 0 saturated heterocycles. The fraction of sp³-hybridized carbons (Fsp3) is 0. The number of hydrogen-bond donors (Lipinski definition) is 0. The first kappa shape index (κ1) is 39.3. The van der Waals surface area contributed by atoms with Gasteiger partial charge in [-0.1, -0.05) is 0 Å². The smallest absolute Gasteiger partial charge is 1.00 e. The van der Waals surface area contributed by atoms with E-state index in [-0.39, 0.29) is 114 Å². The van der Waals surface area contributed by atoms with Gasteiger partial charge in [-0.3, -0.25) is 0 Å². The Labute approximate surface area is 111 Å². The summed E-state index contributed by atoms with van der Waals surface area (Å²) < 4.78 is 0. The van der Waals surface area contributed by atoms with Crippen molar-refractivity contribution in [3.8, 4) is 0 Å². The third kappa shape index (κ3) is 18.6. The van der Waals surface area contributed by atoms with Gasteiger partial charge >= 0.3 is 17.6 Å². The summed E-state index contributed by atoms with van der Waals surface area (Å²) in [5.41, 5.74) is 0. The van der Waals surface area contributed by atoms with Crippen molar-refractivity contribution in [1.82, 2.24) is 0 Å². The molecule has 0 atom stereocenters. The second-order valence-corrected chi connectivity index (χ2v) is 0. The minimum absolute atomic E-state index is 0. The van der Waals surface area contributed by atoms with Gasteiger partial charge in [0, 0.05) is 0 Å². The maximum Gasteiger partial charge on any atom is 4.00 e. The molecule has 0 aromatic carbocycles. The largest absolute Gasteiger partial charge is 4.00 e. The average Bonchev–Trinajstić information content (AvgIpc) is 0. The van der Waals surface area contributed by atoms with Crippen molar-refractivity contribution in [3.63, 3.8) is 0 Å². The van der Waals surface area contributed by atoms with Gasteiger partial charge in [0.25, 0.3) is 0 Å². The van der Waals surface area contributed by atoms with Crippen LogP contribution in [0.4, 0.5) is 0 Å². The van der Waals surface area contributed by atoms with Crippen LogP contribution in [0.15, 0.2) is 0 Å². The van der Waals surface area contributed by atoms with E-state index in [1.165, 1.54) is 0 Å². The summed E-state index contributed by atoms with van der Waals surface area (Å²) in [6, 6.07) is 0. The van der Waals surface area contributed by atoms with Crippen LogP contribution in [-0.2, 0) is 0 Å². The fourth-order valence-electron chi connectivity index (χ4n) is 0. The second-order valence-electron chi connectivity index (χ2n) is 0. The van der Waals surface area contributed by atoms with Crippen LogP contribution >= 0.6 is 0 Å². The van der Waals surface area contributed by atoms with Crippen LogP contribution in [0.5, 0.6) is 0 Å². The molecule has 0 radical (unpaired) electrons. The quantitative estimate of drug-likeness (QED) is 0.198. The minimum atomic E-state index is 0. The maximum atomic E-state index is 0. The molecular weight excluding hydrogens is 580 g/mol. The van der Waals surface area contributed by atoms with Gasteiger partial charge < -0.3 is 95.9 Å². The maximum absolute atomic E-state index is 0. The zero-order valence-electron chi connectivity index (χ0n) is 2.01. The topological polar surface area (TPSA) is 0 Å². The Bertz CT molecular complexity index is 3.61. The summed E-state index contributed by atoms with van der Waals surface area (Å²) >= 11 is 0. The van der Waals surface area contributed by atoms with Crippen molar-refractivity contribution < 1.29 is 95.9 Å². The van der Waals surface area contributed by atoms with Gasteiger partial charge in [-0.25, -0.2) is 0 Å². The van der Waals surface area contributed by atoms with E-state index in [4.69, 9.17) is 0 Å². The van der Waals surface area contributed by atoms with Crippen molar-refractivity contribution in [1.29, 1.82) is 0 Å². The van der Waals surface area contributed by atoms with Gasteiger partial charge in [0.05, 0.1) is 0 Å². The number of rotatable bonds is 0. The third-order valence-corrected chi connectivity index (χ3v) is 0. The molecule has 5 heavy (non-hydrogen) atoms. The molecule has 0 aliphatic carbocycles. The molecule has 0 fully saturated rings. The van der Waals surface area contributed by atoms with Gasteiger partial charge in [0.2, 0.25) is 0 Å². The molecule has 0 bridgehead atoms. The summed E-state index contributed by atoms with van der Waals surface area (Å²) in [6.07, 6.45) is 0. The van der Waals surface area contributed by atoms with Crippen molar-refractivity contribution in [2.24, 2.45) is 0 Å². The first-order chi connectivity index (χ1) is 0. The van der Waals surface area contributed by atoms with Gasteiger partial charge in [-0.2, -0.15) is 0 Å². The van der Waals surface area contributed by atoms with E-state index < -0.39 is 0 Å². The minimum Gasteiger partial charge on any atom is -1.00 e. The van der Waals surface area contributed by atoms with Crippen molar-refractivity contribution in [2.45, 2.75) is 0 Å². The van der Waals surface area contributed by atoms with Crippen molar-refractivity contribution in [2.75, 3.05) is 0 Å². The van der Waals surface area contributed by atoms with Crippen LogP contribution in [0.1, 0.15) is 0 Å². The van der Waals surface area contributed by atoms with Crippen LogP contribution in [0.2, 0.25) is 0 Å². The molecule has 0 rings (SSSR count). The van der Waals surface area contributed by atoms with Crippen LogP contribution in [-0.4, -0.2) is 17.6 Å². The van der Waals surface area contributed by atoms with E-state index in [1.54, 1.807) is 0 Å². The van der Waals surface area contributed by atoms with Crippen LogP contribution in [0.25, 0.3) is 0 Å². The van der Waals surface area contributed by atoms with E-state index >= 15 is 0 Å². The van der Waals surface area contributed by atoms with Gasteiger partial charge in [-0.05, 0) is 0 Å². The monoisotopic (exact) mass is 582 g/mol. The molecule has 0 aromatic heterocycles. The van der Waals surface area contributed by atoms with Crippen molar-refractivity contribution in [3.05, 3.63) is 0 Å². The Morgan fingerprint density at radius 2 is 0.400 bits per heavy atom. The molecule has 0 aromatic rings. The fourth-order valence-corrected chi connectivity index (χ4v) is 0. The SMILES string of the molecule is [Ge+4].[I-].[I-].[I-].[I-]. The summed E-state index contributed by atoms with van der Waals surface area (Å²) in [5, 5.41) is 0. The van der Waals surface area contributed by atoms with E-state index in [2.05, 4.69) is 0 Å². The predicted octanol–water partition coefficient (Wildman–Crippen LogP) is -12.4. The molecule has 0 aliphatic rings. The van der Waals surface area contributed by atoms with Crippen LogP contribution < -0.4 is 95.9 Å². The Balaban J connectivity index is 0.